The molecule has 148 valence electrons. The Morgan fingerprint density at radius 2 is 2.17 bits per heavy atom. The number of benzene rings is 1. The van der Waals surface area contributed by atoms with Crippen molar-refractivity contribution in [2.75, 3.05) is 0 Å². The Hall–Kier alpha value is -3.20. The van der Waals surface area contributed by atoms with Gasteiger partial charge in [-0.15, -0.1) is 0 Å². The van der Waals surface area contributed by atoms with E-state index in [0.29, 0.717) is 17.8 Å². The Kier molecular flexibility index (Phi) is 4.31. The maximum absolute atomic E-state index is 13.6. The molecule has 0 aliphatic heterocycles. The van der Waals surface area contributed by atoms with Crippen LogP contribution in [0.25, 0.3) is 10.9 Å². The highest BCUT2D eigenvalue weighted by atomic mass is 19.1. The zero-order valence-electron chi connectivity index (χ0n) is 16.0. The molecule has 0 unspecified atom stereocenters. The van der Waals surface area contributed by atoms with Crippen molar-refractivity contribution in [2.24, 2.45) is 5.92 Å². The van der Waals surface area contributed by atoms with Crippen LogP contribution in [-0.2, 0) is 24.2 Å². The number of fused-ring (bicyclic) bond motifs is 3. The predicted molar refractivity (Wildman–Crippen MR) is 109 cm³/mol. The van der Waals surface area contributed by atoms with Gasteiger partial charge in [-0.3, -0.25) is 4.79 Å². The van der Waals surface area contributed by atoms with E-state index < -0.39 is 5.95 Å². The monoisotopic (exact) mass is 390 g/mol. The molecule has 0 bridgehead atoms. The summed E-state index contributed by atoms with van der Waals surface area (Å²) in [7, 11) is 0. The van der Waals surface area contributed by atoms with E-state index in [0.717, 1.165) is 43.0 Å². The first-order valence-electron chi connectivity index (χ1n) is 10.1. The quantitative estimate of drug-likeness (QED) is 0.690. The Labute approximate surface area is 169 Å². The number of halogens is 1. The van der Waals surface area contributed by atoms with E-state index in [-0.39, 0.29) is 19.3 Å². The molecule has 1 N–H and O–H groups in total. The van der Waals surface area contributed by atoms with Crippen LogP contribution in [0.4, 0.5) is 4.39 Å². The number of nitrogens with zero attached hydrogens (tertiary/aromatic N) is 3. The summed E-state index contributed by atoms with van der Waals surface area (Å²) >= 11 is 0. The third kappa shape index (κ3) is 3.38. The van der Waals surface area contributed by atoms with Gasteiger partial charge < -0.3 is 9.88 Å². The molecule has 0 radical (unpaired) electrons. The SMILES string of the molecule is N#Cc1ccc2c(c1)c1c(n2Cc2cccc(F)n2)CC[C@@H](NC(=O)C2CC2)C1.[HH]. The summed E-state index contributed by atoms with van der Waals surface area (Å²) in [6, 6.07) is 12.9. The normalized spacial score (nSPS) is 18.3. The van der Waals surface area contributed by atoms with E-state index in [1.165, 1.54) is 17.3 Å². The van der Waals surface area contributed by atoms with Gasteiger partial charge in [0.25, 0.3) is 0 Å². The first kappa shape index (κ1) is 17.9. The van der Waals surface area contributed by atoms with E-state index in [2.05, 4.69) is 20.9 Å². The van der Waals surface area contributed by atoms with E-state index in [1.807, 2.05) is 24.3 Å². The number of hydrogen-bond acceptors (Lipinski definition) is 3. The molecule has 6 heteroatoms. The van der Waals surface area contributed by atoms with Gasteiger partial charge in [0.05, 0.1) is 23.9 Å². The zero-order chi connectivity index (χ0) is 20.0. The van der Waals surface area contributed by atoms with Crippen LogP contribution in [0.3, 0.4) is 0 Å². The van der Waals surface area contributed by atoms with Gasteiger partial charge in [0.15, 0.2) is 0 Å². The molecule has 3 aromatic rings. The van der Waals surface area contributed by atoms with Gasteiger partial charge in [0.1, 0.15) is 0 Å². The number of nitrogens with one attached hydrogen (secondary N) is 1. The largest absolute Gasteiger partial charge is 0.353 e. The fourth-order valence-electron chi connectivity index (χ4n) is 4.39. The lowest BCUT2D eigenvalue weighted by Gasteiger charge is -2.25. The lowest BCUT2D eigenvalue weighted by Crippen LogP contribution is -2.39. The summed E-state index contributed by atoms with van der Waals surface area (Å²) in [6.07, 6.45) is 4.45. The molecule has 2 aliphatic carbocycles. The molecular formula is C23H23FN4O. The average Bonchev–Trinajstić information content (AvgIpc) is 3.53. The molecule has 2 aromatic heterocycles. The van der Waals surface area contributed by atoms with Crippen molar-refractivity contribution in [1.29, 1.82) is 5.26 Å². The van der Waals surface area contributed by atoms with Crippen molar-refractivity contribution >= 4 is 16.8 Å². The van der Waals surface area contributed by atoms with Crippen LogP contribution >= 0.6 is 0 Å². The lowest BCUT2D eigenvalue weighted by molar-refractivity contribution is -0.123. The summed E-state index contributed by atoms with van der Waals surface area (Å²) < 4.78 is 15.8. The maximum atomic E-state index is 13.6. The molecule has 0 saturated heterocycles. The third-order valence-corrected chi connectivity index (χ3v) is 5.98. The molecule has 0 spiro atoms. The second-order valence-electron chi connectivity index (χ2n) is 8.03. The van der Waals surface area contributed by atoms with Crippen LogP contribution in [0.2, 0.25) is 0 Å². The Balaban J connectivity index is 0.00000218. The Bertz CT molecular complexity index is 1160. The molecule has 2 heterocycles. The van der Waals surface area contributed by atoms with Crippen molar-refractivity contribution in [3.05, 3.63) is 64.9 Å². The van der Waals surface area contributed by atoms with Crippen LogP contribution in [-0.4, -0.2) is 21.5 Å². The van der Waals surface area contributed by atoms with Crippen LogP contribution in [0, 0.1) is 23.2 Å². The highest BCUT2D eigenvalue weighted by Gasteiger charge is 2.33. The van der Waals surface area contributed by atoms with Crippen molar-refractivity contribution in [3.8, 4) is 6.07 Å². The topological polar surface area (TPSA) is 70.7 Å². The molecular weight excluding hydrogens is 367 g/mol. The van der Waals surface area contributed by atoms with Crippen molar-refractivity contribution in [1.82, 2.24) is 14.9 Å². The van der Waals surface area contributed by atoms with Crippen molar-refractivity contribution in [2.45, 2.75) is 44.7 Å². The molecule has 1 aromatic carbocycles. The molecule has 1 atom stereocenters. The molecule has 1 fully saturated rings. The average molecular weight is 390 g/mol. The Morgan fingerprint density at radius 3 is 2.93 bits per heavy atom. The standard InChI is InChI=1S/C23H21FN4O.H2/c24-22-3-1-2-17(26-22)13-28-20-8-4-14(12-25)10-18(20)19-11-16(7-9-21(19)28)27-23(29)15-5-6-15;/h1-4,8,10,15-16H,5-7,9,11,13H2,(H,27,29);1H/t16-;/m1./s1. The smallest absolute Gasteiger partial charge is 0.223 e. The van der Waals surface area contributed by atoms with Gasteiger partial charge >= 0.3 is 0 Å². The van der Waals surface area contributed by atoms with Crippen molar-refractivity contribution in [3.63, 3.8) is 0 Å². The van der Waals surface area contributed by atoms with Gasteiger partial charge in [-0.1, -0.05) is 6.07 Å². The fourth-order valence-corrected chi connectivity index (χ4v) is 4.39. The minimum absolute atomic E-state index is 0. The summed E-state index contributed by atoms with van der Waals surface area (Å²) in [5.41, 5.74) is 4.68. The summed E-state index contributed by atoms with van der Waals surface area (Å²) in [4.78, 5) is 16.2. The number of aromatic nitrogens is 2. The fraction of sp³-hybridized carbons (Fsp3) is 0.348. The first-order valence-corrected chi connectivity index (χ1v) is 10.1. The molecule has 29 heavy (non-hydrogen) atoms. The highest BCUT2D eigenvalue weighted by molar-refractivity contribution is 5.87. The van der Waals surface area contributed by atoms with Gasteiger partial charge in [-0.05, 0) is 68.0 Å². The second-order valence-corrected chi connectivity index (χ2v) is 8.03. The van der Waals surface area contributed by atoms with Crippen LogP contribution in [0.5, 0.6) is 0 Å². The van der Waals surface area contributed by atoms with Crippen LogP contribution in [0.1, 0.15) is 43.2 Å². The summed E-state index contributed by atoms with van der Waals surface area (Å²) in [6.45, 7) is 0.481. The Morgan fingerprint density at radius 1 is 1.31 bits per heavy atom. The van der Waals surface area contributed by atoms with Gasteiger partial charge in [-0.2, -0.15) is 9.65 Å². The molecule has 1 saturated carbocycles. The predicted octanol–water partition coefficient (Wildman–Crippen LogP) is 3.72. The minimum Gasteiger partial charge on any atom is -0.353 e. The van der Waals surface area contributed by atoms with E-state index in [9.17, 15) is 14.4 Å². The summed E-state index contributed by atoms with van der Waals surface area (Å²) in [5, 5.41) is 13.6. The molecule has 5 rings (SSSR count). The highest BCUT2D eigenvalue weighted by Crippen LogP contribution is 2.34. The van der Waals surface area contributed by atoms with Gasteiger partial charge in [-0.25, -0.2) is 4.98 Å². The number of pyridine rings is 1. The van der Waals surface area contributed by atoms with E-state index in [4.69, 9.17) is 0 Å². The second kappa shape index (κ2) is 7.00. The molecule has 2 aliphatic rings. The van der Waals surface area contributed by atoms with Gasteiger partial charge in [0, 0.05) is 30.0 Å². The third-order valence-electron chi connectivity index (χ3n) is 5.98. The van der Waals surface area contributed by atoms with E-state index in [1.54, 1.807) is 6.07 Å². The van der Waals surface area contributed by atoms with Crippen molar-refractivity contribution < 1.29 is 10.6 Å². The number of carbonyl (C=O) groups is 1. The minimum atomic E-state index is -0.484. The number of carbonyl (C=O) groups excluding carboxylic acids is 1. The molecule has 1 amide bonds. The van der Waals surface area contributed by atoms with Crippen LogP contribution < -0.4 is 5.32 Å². The van der Waals surface area contributed by atoms with Crippen LogP contribution in [0.15, 0.2) is 36.4 Å². The lowest BCUT2D eigenvalue weighted by atomic mass is 9.91. The number of nitriles is 1. The van der Waals surface area contributed by atoms with Gasteiger partial charge in [0.2, 0.25) is 11.9 Å². The number of hydrogen-bond donors (Lipinski definition) is 1. The van der Waals surface area contributed by atoms with E-state index >= 15 is 0 Å². The maximum Gasteiger partial charge on any atom is 0.223 e. The zero-order valence-corrected chi connectivity index (χ0v) is 16.0. The summed E-state index contributed by atoms with van der Waals surface area (Å²) in [5.74, 6) is -0.117. The number of amides is 1. The number of rotatable bonds is 4. The first-order chi connectivity index (χ1) is 14.1. The molecule has 5 nitrogen and oxygen atoms in total.